The molecule has 1 aliphatic carbocycles. The van der Waals surface area contributed by atoms with Crippen LogP contribution >= 0.6 is 0 Å². The summed E-state index contributed by atoms with van der Waals surface area (Å²) < 4.78 is 5.26. The van der Waals surface area contributed by atoms with E-state index in [0.717, 1.165) is 30.8 Å². The second-order valence-corrected chi connectivity index (χ2v) is 5.68. The maximum Gasteiger partial charge on any atom is 0.317 e. The van der Waals surface area contributed by atoms with Gasteiger partial charge in [0.2, 0.25) is 5.88 Å². The summed E-state index contributed by atoms with van der Waals surface area (Å²) in [5.41, 5.74) is 0.898. The monoisotopic (exact) mass is 308 g/mol. The third-order valence-corrected chi connectivity index (χ3v) is 4.12. The van der Waals surface area contributed by atoms with Crippen LogP contribution in [0.5, 0.6) is 5.88 Å². The predicted octanol–water partition coefficient (Wildman–Crippen LogP) is 1.45. The van der Waals surface area contributed by atoms with Gasteiger partial charge in [-0.3, -0.25) is 9.69 Å². The minimum absolute atomic E-state index is 0.105. The zero-order valence-corrected chi connectivity index (χ0v) is 13.6. The molecule has 7 nitrogen and oxygen atoms in total. The minimum atomic E-state index is -0.773. The Morgan fingerprint density at radius 3 is 2.64 bits per heavy atom. The molecule has 1 heterocycles. The van der Waals surface area contributed by atoms with Crippen LogP contribution in [0.4, 0.5) is 5.82 Å². The fourth-order valence-electron chi connectivity index (χ4n) is 2.81. The number of nitrogens with one attached hydrogen (secondary N) is 1. The Balaban J connectivity index is 1.95. The number of hydrogen-bond donors (Lipinski definition) is 2. The van der Waals surface area contributed by atoms with E-state index < -0.39 is 5.97 Å². The zero-order chi connectivity index (χ0) is 16.3. The average molecular weight is 308 g/mol. The van der Waals surface area contributed by atoms with E-state index in [9.17, 15) is 4.79 Å². The lowest BCUT2D eigenvalue weighted by molar-refractivity contribution is -0.139. The van der Waals surface area contributed by atoms with Crippen LogP contribution in [0.25, 0.3) is 0 Å². The largest absolute Gasteiger partial charge is 0.481 e. The van der Waals surface area contributed by atoms with Gasteiger partial charge in [0.1, 0.15) is 11.6 Å². The van der Waals surface area contributed by atoms with Gasteiger partial charge in [0.05, 0.1) is 19.2 Å². The number of aromatic nitrogens is 2. The van der Waals surface area contributed by atoms with Crippen LogP contribution in [-0.4, -0.2) is 58.2 Å². The standard InChI is InChI=1S/C15H24N4O3/c1-5-19(8-13(20)21)12-6-11(7-12)18-14-9(2)15(22-4)17-10(3)16-14/h11-12H,5-8H2,1-4H3,(H,20,21)(H,16,17,18). The van der Waals surface area contributed by atoms with Crippen molar-refractivity contribution in [3.8, 4) is 5.88 Å². The van der Waals surface area contributed by atoms with E-state index in [-0.39, 0.29) is 6.54 Å². The number of hydrogen-bond acceptors (Lipinski definition) is 6. The van der Waals surface area contributed by atoms with Crippen molar-refractivity contribution in [1.29, 1.82) is 0 Å². The third-order valence-electron chi connectivity index (χ3n) is 4.12. The quantitative estimate of drug-likeness (QED) is 0.788. The summed E-state index contributed by atoms with van der Waals surface area (Å²) in [7, 11) is 1.60. The molecule has 0 bridgehead atoms. The molecule has 0 amide bonds. The van der Waals surface area contributed by atoms with Crippen LogP contribution < -0.4 is 10.1 Å². The molecule has 1 saturated carbocycles. The summed E-state index contributed by atoms with van der Waals surface area (Å²) in [4.78, 5) is 21.5. The molecule has 22 heavy (non-hydrogen) atoms. The number of rotatable bonds is 7. The van der Waals surface area contributed by atoms with E-state index in [4.69, 9.17) is 9.84 Å². The molecule has 1 aromatic heterocycles. The topological polar surface area (TPSA) is 87.6 Å². The summed E-state index contributed by atoms with van der Waals surface area (Å²) in [6, 6.07) is 0.634. The Morgan fingerprint density at radius 2 is 2.09 bits per heavy atom. The lowest BCUT2D eigenvalue weighted by Crippen LogP contribution is -2.51. The fraction of sp³-hybridized carbons (Fsp3) is 0.667. The van der Waals surface area contributed by atoms with Gasteiger partial charge in [-0.2, -0.15) is 4.98 Å². The summed E-state index contributed by atoms with van der Waals surface area (Å²) in [6.07, 6.45) is 1.85. The van der Waals surface area contributed by atoms with Gasteiger partial charge in [0.15, 0.2) is 0 Å². The van der Waals surface area contributed by atoms with Gasteiger partial charge in [-0.05, 0) is 33.2 Å². The number of anilines is 1. The molecule has 1 aromatic rings. The van der Waals surface area contributed by atoms with Gasteiger partial charge in [-0.25, -0.2) is 4.98 Å². The van der Waals surface area contributed by atoms with E-state index in [2.05, 4.69) is 15.3 Å². The number of likely N-dealkylation sites (N-methyl/N-ethyl adjacent to an activating group) is 1. The average Bonchev–Trinajstić information content (AvgIpc) is 2.43. The first-order valence-corrected chi connectivity index (χ1v) is 7.56. The van der Waals surface area contributed by atoms with Gasteiger partial charge in [0.25, 0.3) is 0 Å². The number of carboxylic acids is 1. The number of ether oxygens (including phenoxy) is 1. The van der Waals surface area contributed by atoms with Crippen LogP contribution in [0.1, 0.15) is 31.2 Å². The number of aliphatic carboxylic acids is 1. The molecular formula is C15H24N4O3. The maximum absolute atomic E-state index is 10.9. The first-order valence-electron chi connectivity index (χ1n) is 7.56. The Bertz CT molecular complexity index is 544. The van der Waals surface area contributed by atoms with E-state index in [1.165, 1.54) is 0 Å². The number of carboxylic acid groups (broad SMARTS) is 1. The predicted molar refractivity (Wildman–Crippen MR) is 83.4 cm³/mol. The van der Waals surface area contributed by atoms with Crippen LogP contribution in [0.2, 0.25) is 0 Å². The second kappa shape index (κ2) is 6.91. The first kappa shape index (κ1) is 16.5. The van der Waals surface area contributed by atoms with E-state index >= 15 is 0 Å². The molecule has 1 aliphatic rings. The van der Waals surface area contributed by atoms with Crippen molar-refractivity contribution in [1.82, 2.24) is 14.9 Å². The van der Waals surface area contributed by atoms with Crippen LogP contribution in [0, 0.1) is 13.8 Å². The van der Waals surface area contributed by atoms with Crippen molar-refractivity contribution in [3.63, 3.8) is 0 Å². The normalized spacial score (nSPS) is 20.6. The van der Waals surface area contributed by atoms with Gasteiger partial charge in [-0.15, -0.1) is 0 Å². The molecule has 2 N–H and O–H groups in total. The molecule has 122 valence electrons. The zero-order valence-electron chi connectivity index (χ0n) is 13.6. The Morgan fingerprint density at radius 1 is 1.41 bits per heavy atom. The molecule has 1 fully saturated rings. The lowest BCUT2D eigenvalue weighted by atomic mass is 9.85. The highest BCUT2D eigenvalue weighted by Crippen LogP contribution is 2.30. The molecule has 0 saturated heterocycles. The van der Waals surface area contributed by atoms with Crippen molar-refractivity contribution < 1.29 is 14.6 Å². The second-order valence-electron chi connectivity index (χ2n) is 5.68. The number of nitrogens with zero attached hydrogens (tertiary/aromatic N) is 3. The molecule has 7 heteroatoms. The summed E-state index contributed by atoms with van der Waals surface area (Å²) in [6.45, 7) is 6.62. The van der Waals surface area contributed by atoms with Crippen molar-refractivity contribution in [2.45, 2.75) is 45.7 Å². The molecule has 0 aromatic carbocycles. The van der Waals surface area contributed by atoms with Gasteiger partial charge in [-0.1, -0.05) is 6.92 Å². The summed E-state index contributed by atoms with van der Waals surface area (Å²) in [5, 5.41) is 12.3. The molecule has 0 radical (unpaired) electrons. The van der Waals surface area contributed by atoms with E-state index in [1.54, 1.807) is 7.11 Å². The van der Waals surface area contributed by atoms with Crippen molar-refractivity contribution in [2.24, 2.45) is 0 Å². The highest BCUT2D eigenvalue weighted by molar-refractivity contribution is 5.69. The van der Waals surface area contributed by atoms with Crippen LogP contribution in [-0.2, 0) is 4.79 Å². The van der Waals surface area contributed by atoms with E-state index in [0.29, 0.717) is 23.8 Å². The highest BCUT2D eigenvalue weighted by atomic mass is 16.5. The smallest absolute Gasteiger partial charge is 0.317 e. The minimum Gasteiger partial charge on any atom is -0.481 e. The first-order chi connectivity index (χ1) is 10.4. The third kappa shape index (κ3) is 3.65. The number of aryl methyl sites for hydroxylation is 1. The number of methoxy groups -OCH3 is 1. The maximum atomic E-state index is 10.9. The summed E-state index contributed by atoms with van der Waals surface area (Å²) in [5.74, 6) is 1.29. The van der Waals surface area contributed by atoms with Crippen molar-refractivity contribution >= 4 is 11.8 Å². The van der Waals surface area contributed by atoms with Crippen molar-refractivity contribution in [3.05, 3.63) is 11.4 Å². The fourth-order valence-corrected chi connectivity index (χ4v) is 2.81. The van der Waals surface area contributed by atoms with Crippen molar-refractivity contribution in [2.75, 3.05) is 25.5 Å². The van der Waals surface area contributed by atoms with Gasteiger partial charge in [0, 0.05) is 12.1 Å². The van der Waals surface area contributed by atoms with Crippen LogP contribution in [0.3, 0.4) is 0 Å². The molecule has 0 aliphatic heterocycles. The Kier molecular flexibility index (Phi) is 5.18. The molecular weight excluding hydrogens is 284 g/mol. The Labute approximate surface area is 130 Å². The Hall–Kier alpha value is -1.89. The van der Waals surface area contributed by atoms with Crippen LogP contribution in [0.15, 0.2) is 0 Å². The van der Waals surface area contributed by atoms with Gasteiger partial charge >= 0.3 is 5.97 Å². The van der Waals surface area contributed by atoms with E-state index in [1.807, 2.05) is 25.7 Å². The molecule has 0 spiro atoms. The SMILES string of the molecule is CCN(CC(=O)O)C1CC(Nc2nc(C)nc(OC)c2C)C1. The molecule has 0 unspecified atom stereocenters. The highest BCUT2D eigenvalue weighted by Gasteiger charge is 2.34. The lowest BCUT2D eigenvalue weighted by Gasteiger charge is -2.42. The molecule has 0 atom stereocenters. The van der Waals surface area contributed by atoms with Gasteiger partial charge < -0.3 is 15.2 Å². The number of carbonyl (C=O) groups is 1. The summed E-state index contributed by atoms with van der Waals surface area (Å²) >= 11 is 0. The molecule has 2 rings (SSSR count).